The summed E-state index contributed by atoms with van der Waals surface area (Å²) < 4.78 is 5.27. The van der Waals surface area contributed by atoms with E-state index in [4.69, 9.17) is 9.84 Å². The fourth-order valence-electron chi connectivity index (χ4n) is 1.86. The van der Waals surface area contributed by atoms with E-state index in [-0.39, 0.29) is 18.3 Å². The molecule has 1 atom stereocenters. The van der Waals surface area contributed by atoms with Crippen molar-refractivity contribution in [3.05, 3.63) is 24.0 Å². The number of pyridine rings is 1. The van der Waals surface area contributed by atoms with Gasteiger partial charge < -0.3 is 19.8 Å². The lowest BCUT2D eigenvalue weighted by molar-refractivity contribution is 0.0690. The number of nitrogens with zero attached hydrogens (tertiary/aromatic N) is 2. The topological polar surface area (TPSA) is 82.9 Å². The number of hydrogen-bond donors (Lipinski definition) is 2. The van der Waals surface area contributed by atoms with E-state index in [0.717, 1.165) is 5.69 Å². The molecule has 0 aliphatic carbocycles. The molecule has 6 heteroatoms. The molecule has 1 aliphatic rings. The molecule has 1 aromatic heterocycles. The van der Waals surface area contributed by atoms with Gasteiger partial charge in [-0.15, -0.1) is 0 Å². The third-order valence-corrected chi connectivity index (χ3v) is 2.73. The average Bonchev–Trinajstić information content (AvgIpc) is 2.39. The number of rotatable bonds is 3. The van der Waals surface area contributed by atoms with Gasteiger partial charge in [-0.1, -0.05) is 0 Å². The molecule has 92 valence electrons. The lowest BCUT2D eigenvalue weighted by Gasteiger charge is -2.36. The minimum Gasteiger partial charge on any atom is -0.477 e. The van der Waals surface area contributed by atoms with Gasteiger partial charge in [0.05, 0.1) is 25.9 Å². The summed E-state index contributed by atoms with van der Waals surface area (Å²) >= 11 is 0. The number of aromatic nitrogens is 1. The van der Waals surface area contributed by atoms with Gasteiger partial charge in [0.1, 0.15) is 5.69 Å². The van der Waals surface area contributed by atoms with E-state index < -0.39 is 5.97 Å². The van der Waals surface area contributed by atoms with Crippen molar-refractivity contribution in [2.24, 2.45) is 0 Å². The van der Waals surface area contributed by atoms with E-state index >= 15 is 0 Å². The Labute approximate surface area is 98.5 Å². The Morgan fingerprint density at radius 3 is 3.18 bits per heavy atom. The van der Waals surface area contributed by atoms with Gasteiger partial charge in [0.15, 0.2) is 0 Å². The first-order valence-electron chi connectivity index (χ1n) is 5.37. The van der Waals surface area contributed by atoms with Crippen LogP contribution in [0.3, 0.4) is 0 Å². The maximum absolute atomic E-state index is 10.8. The molecule has 0 saturated carbocycles. The number of ether oxygens (including phenoxy) is 1. The molecule has 1 fully saturated rings. The Morgan fingerprint density at radius 1 is 1.65 bits per heavy atom. The lowest BCUT2D eigenvalue weighted by atomic mass is 10.2. The minimum absolute atomic E-state index is 0.00526. The summed E-state index contributed by atoms with van der Waals surface area (Å²) in [4.78, 5) is 16.5. The van der Waals surface area contributed by atoms with Crippen LogP contribution in [-0.2, 0) is 4.74 Å². The zero-order chi connectivity index (χ0) is 12.3. The van der Waals surface area contributed by atoms with Crippen molar-refractivity contribution < 1.29 is 19.7 Å². The Kier molecular flexibility index (Phi) is 3.55. The molecule has 1 aromatic rings. The lowest BCUT2D eigenvalue weighted by Crippen LogP contribution is -2.47. The van der Waals surface area contributed by atoms with Crippen LogP contribution in [0.5, 0.6) is 0 Å². The Hall–Kier alpha value is -1.66. The molecule has 0 radical (unpaired) electrons. The first kappa shape index (κ1) is 11.8. The number of hydrogen-bond acceptors (Lipinski definition) is 5. The van der Waals surface area contributed by atoms with Crippen molar-refractivity contribution in [2.45, 2.75) is 6.04 Å². The largest absolute Gasteiger partial charge is 0.477 e. The highest BCUT2D eigenvalue weighted by Gasteiger charge is 2.23. The summed E-state index contributed by atoms with van der Waals surface area (Å²) in [5, 5.41) is 18.1. The van der Waals surface area contributed by atoms with Crippen LogP contribution < -0.4 is 4.90 Å². The normalized spacial score (nSPS) is 20.3. The third-order valence-electron chi connectivity index (χ3n) is 2.73. The molecule has 0 aromatic carbocycles. The fourth-order valence-corrected chi connectivity index (χ4v) is 1.86. The van der Waals surface area contributed by atoms with Crippen LogP contribution in [0.25, 0.3) is 0 Å². The summed E-state index contributed by atoms with van der Waals surface area (Å²) in [5.74, 6) is -1.05. The molecular formula is C11H14N2O4. The molecule has 0 amide bonds. The first-order chi connectivity index (χ1) is 8.22. The average molecular weight is 238 g/mol. The van der Waals surface area contributed by atoms with Crippen LogP contribution >= 0.6 is 0 Å². The van der Waals surface area contributed by atoms with Crippen molar-refractivity contribution in [3.63, 3.8) is 0 Å². The second kappa shape index (κ2) is 5.11. The Morgan fingerprint density at radius 2 is 2.47 bits per heavy atom. The van der Waals surface area contributed by atoms with Gasteiger partial charge in [-0.05, 0) is 12.1 Å². The van der Waals surface area contributed by atoms with Gasteiger partial charge in [-0.3, -0.25) is 0 Å². The van der Waals surface area contributed by atoms with Gasteiger partial charge in [-0.2, -0.15) is 0 Å². The fraction of sp³-hybridized carbons (Fsp3) is 0.455. The molecule has 2 N–H and O–H groups in total. The quantitative estimate of drug-likeness (QED) is 0.770. The van der Waals surface area contributed by atoms with Crippen LogP contribution in [0.2, 0.25) is 0 Å². The van der Waals surface area contributed by atoms with Gasteiger partial charge in [-0.25, -0.2) is 9.78 Å². The predicted molar refractivity (Wildman–Crippen MR) is 60.2 cm³/mol. The molecule has 1 aliphatic heterocycles. The molecule has 2 heterocycles. The zero-order valence-electron chi connectivity index (χ0n) is 9.24. The number of carbonyl (C=O) groups is 1. The van der Waals surface area contributed by atoms with E-state index in [9.17, 15) is 9.90 Å². The number of carboxylic acid groups (broad SMARTS) is 1. The number of aliphatic hydroxyl groups is 1. The molecule has 0 spiro atoms. The standard InChI is InChI=1S/C11H14N2O4/c14-6-9-7-17-4-3-13(9)8-1-2-12-10(5-8)11(15)16/h1-2,5,9,14H,3-4,6-7H2,(H,15,16). The summed E-state index contributed by atoms with van der Waals surface area (Å²) in [7, 11) is 0. The Bertz CT molecular complexity index is 410. The van der Waals surface area contributed by atoms with Crippen molar-refractivity contribution in [1.82, 2.24) is 4.98 Å². The summed E-state index contributed by atoms with van der Waals surface area (Å²) in [5.41, 5.74) is 0.755. The van der Waals surface area contributed by atoms with Crippen LogP contribution in [0.1, 0.15) is 10.5 Å². The molecule has 1 unspecified atom stereocenters. The van der Waals surface area contributed by atoms with E-state index in [1.807, 2.05) is 4.90 Å². The van der Waals surface area contributed by atoms with Crippen molar-refractivity contribution in [3.8, 4) is 0 Å². The molecule has 6 nitrogen and oxygen atoms in total. The maximum atomic E-state index is 10.8. The van der Waals surface area contributed by atoms with Crippen molar-refractivity contribution in [2.75, 3.05) is 31.3 Å². The number of carboxylic acids is 1. The highest BCUT2D eigenvalue weighted by Crippen LogP contribution is 2.19. The SMILES string of the molecule is O=C(O)c1cc(N2CCOCC2CO)ccn1. The number of morpholine rings is 1. The minimum atomic E-state index is -1.05. The smallest absolute Gasteiger partial charge is 0.354 e. The number of aliphatic hydroxyl groups excluding tert-OH is 1. The number of anilines is 1. The van der Waals surface area contributed by atoms with Gasteiger partial charge in [0, 0.05) is 18.4 Å². The second-order valence-corrected chi connectivity index (χ2v) is 3.81. The van der Waals surface area contributed by atoms with Crippen LogP contribution in [-0.4, -0.2) is 53.6 Å². The Balaban J connectivity index is 2.25. The zero-order valence-corrected chi connectivity index (χ0v) is 9.24. The second-order valence-electron chi connectivity index (χ2n) is 3.81. The number of aromatic carboxylic acids is 1. The van der Waals surface area contributed by atoms with Crippen molar-refractivity contribution >= 4 is 11.7 Å². The third kappa shape index (κ3) is 2.54. The monoisotopic (exact) mass is 238 g/mol. The summed E-state index contributed by atoms with van der Waals surface area (Å²) in [6, 6.07) is 3.12. The van der Waals surface area contributed by atoms with Gasteiger partial charge in [0.2, 0.25) is 0 Å². The molecule has 0 bridgehead atoms. The molecule has 17 heavy (non-hydrogen) atoms. The van der Waals surface area contributed by atoms with Crippen LogP contribution in [0, 0.1) is 0 Å². The van der Waals surface area contributed by atoms with Crippen LogP contribution in [0.15, 0.2) is 18.3 Å². The summed E-state index contributed by atoms with van der Waals surface area (Å²) in [6.45, 7) is 1.63. The molecule has 1 saturated heterocycles. The van der Waals surface area contributed by atoms with Gasteiger partial charge in [0.25, 0.3) is 0 Å². The predicted octanol–water partition coefficient (Wildman–Crippen LogP) is -0.0227. The molecule has 2 rings (SSSR count). The van der Waals surface area contributed by atoms with Crippen LogP contribution in [0.4, 0.5) is 5.69 Å². The van der Waals surface area contributed by atoms with Gasteiger partial charge >= 0.3 is 5.97 Å². The molecular weight excluding hydrogens is 224 g/mol. The van der Waals surface area contributed by atoms with E-state index in [1.165, 1.54) is 12.3 Å². The van der Waals surface area contributed by atoms with E-state index in [0.29, 0.717) is 19.8 Å². The highest BCUT2D eigenvalue weighted by atomic mass is 16.5. The highest BCUT2D eigenvalue weighted by molar-refractivity contribution is 5.86. The summed E-state index contributed by atoms with van der Waals surface area (Å²) in [6.07, 6.45) is 1.46. The maximum Gasteiger partial charge on any atom is 0.354 e. The van der Waals surface area contributed by atoms with Crippen molar-refractivity contribution in [1.29, 1.82) is 0 Å². The van der Waals surface area contributed by atoms with E-state index in [2.05, 4.69) is 4.98 Å². The van der Waals surface area contributed by atoms with E-state index in [1.54, 1.807) is 6.07 Å². The first-order valence-corrected chi connectivity index (χ1v) is 5.37.